The van der Waals surface area contributed by atoms with Crippen LogP contribution in [0.3, 0.4) is 0 Å². The van der Waals surface area contributed by atoms with E-state index in [1.54, 1.807) is 23.9 Å². The molecule has 0 saturated heterocycles. The molecule has 0 fully saturated rings. The third kappa shape index (κ3) is 1.89. The third-order valence-electron chi connectivity index (χ3n) is 2.36. The summed E-state index contributed by atoms with van der Waals surface area (Å²) in [6.45, 7) is 0. The minimum absolute atomic E-state index is 0.466. The number of fused-ring (bicyclic) bond motifs is 1. The van der Waals surface area contributed by atoms with Gasteiger partial charge in [0.25, 0.3) is 0 Å². The lowest BCUT2D eigenvalue weighted by molar-refractivity contribution is 0.175. The Hall–Kier alpha value is 0.110. The summed E-state index contributed by atoms with van der Waals surface area (Å²) in [5.74, 6) is 1.79. The van der Waals surface area contributed by atoms with Gasteiger partial charge >= 0.3 is 0 Å². The van der Waals surface area contributed by atoms with Crippen molar-refractivity contribution in [3.05, 3.63) is 33.3 Å². The number of hydrogen-bond donors (Lipinski definition) is 1. The Bertz CT molecular complexity index is 354. The van der Waals surface area contributed by atoms with Gasteiger partial charge in [-0.2, -0.15) is 11.8 Å². The van der Waals surface area contributed by atoms with Crippen LogP contribution in [0.15, 0.2) is 12.1 Å². The Morgan fingerprint density at radius 2 is 2.00 bits per heavy atom. The van der Waals surface area contributed by atoms with E-state index in [0.29, 0.717) is 10.0 Å². The zero-order chi connectivity index (χ0) is 10.1. The first-order valence-corrected chi connectivity index (χ1v) is 6.34. The molecule has 1 heterocycles. The van der Waals surface area contributed by atoms with Crippen molar-refractivity contribution >= 4 is 35.0 Å². The fourth-order valence-corrected chi connectivity index (χ4v) is 3.29. The lowest BCUT2D eigenvalue weighted by atomic mass is 10.0. The van der Waals surface area contributed by atoms with Gasteiger partial charge in [-0.15, -0.1) is 0 Å². The van der Waals surface area contributed by atoms with E-state index in [1.165, 1.54) is 0 Å². The largest absolute Gasteiger partial charge is 0.388 e. The average molecular weight is 249 g/mol. The first kappa shape index (κ1) is 10.6. The summed E-state index contributed by atoms with van der Waals surface area (Å²) in [6, 6.07) is 3.54. The molecule has 76 valence electrons. The van der Waals surface area contributed by atoms with Gasteiger partial charge in [0.15, 0.2) is 0 Å². The van der Waals surface area contributed by atoms with Crippen LogP contribution in [0.4, 0.5) is 0 Å². The highest BCUT2D eigenvalue weighted by molar-refractivity contribution is 7.98. The first-order valence-electron chi connectivity index (χ1n) is 4.42. The van der Waals surface area contributed by atoms with Gasteiger partial charge in [0.2, 0.25) is 0 Å². The van der Waals surface area contributed by atoms with Crippen LogP contribution in [0.2, 0.25) is 10.0 Å². The number of thioether (sulfide) groups is 1. The standard InChI is InChI=1S/C10H10Cl2OS/c11-7-1-2-8(12)10-6(7)5-14-4-3-9(10)13/h1-2,9,13H,3-5H2. The van der Waals surface area contributed by atoms with E-state index in [9.17, 15) is 5.11 Å². The van der Waals surface area contributed by atoms with Crippen LogP contribution in [-0.4, -0.2) is 10.9 Å². The van der Waals surface area contributed by atoms with Gasteiger partial charge in [0.1, 0.15) is 0 Å². The summed E-state index contributed by atoms with van der Waals surface area (Å²) in [6.07, 6.45) is 0.281. The number of aliphatic hydroxyl groups excluding tert-OH is 1. The average Bonchev–Trinajstić information content (AvgIpc) is 2.35. The van der Waals surface area contributed by atoms with Crippen LogP contribution in [0.1, 0.15) is 23.7 Å². The van der Waals surface area contributed by atoms with E-state index in [0.717, 1.165) is 29.1 Å². The number of rotatable bonds is 0. The predicted octanol–water partition coefficient (Wildman–Crippen LogP) is 3.66. The molecule has 1 aromatic carbocycles. The molecule has 1 aromatic rings. The number of hydrogen-bond acceptors (Lipinski definition) is 2. The second-order valence-electron chi connectivity index (χ2n) is 3.28. The first-order chi connectivity index (χ1) is 6.70. The zero-order valence-electron chi connectivity index (χ0n) is 7.46. The quantitative estimate of drug-likeness (QED) is 0.757. The second kappa shape index (κ2) is 4.31. The summed E-state index contributed by atoms with van der Waals surface area (Å²) in [4.78, 5) is 0. The summed E-state index contributed by atoms with van der Waals surface area (Å²) in [5, 5.41) is 11.2. The molecular weight excluding hydrogens is 239 g/mol. The van der Waals surface area contributed by atoms with Crippen LogP contribution in [-0.2, 0) is 5.75 Å². The minimum Gasteiger partial charge on any atom is -0.388 e. The summed E-state index contributed by atoms with van der Waals surface area (Å²) < 4.78 is 0. The van der Waals surface area contributed by atoms with E-state index >= 15 is 0 Å². The maximum absolute atomic E-state index is 9.89. The van der Waals surface area contributed by atoms with Gasteiger partial charge < -0.3 is 5.11 Å². The fourth-order valence-electron chi connectivity index (χ4n) is 1.63. The number of halogens is 2. The Morgan fingerprint density at radius 3 is 2.79 bits per heavy atom. The summed E-state index contributed by atoms with van der Waals surface area (Å²) in [7, 11) is 0. The molecule has 1 aliphatic heterocycles. The van der Waals surface area contributed by atoms with E-state index in [4.69, 9.17) is 23.2 Å². The van der Waals surface area contributed by atoms with E-state index in [1.807, 2.05) is 0 Å². The molecule has 1 N–H and O–H groups in total. The molecule has 0 aromatic heterocycles. The Balaban J connectivity index is 2.57. The van der Waals surface area contributed by atoms with E-state index < -0.39 is 6.10 Å². The van der Waals surface area contributed by atoms with Crippen molar-refractivity contribution in [1.82, 2.24) is 0 Å². The van der Waals surface area contributed by atoms with Gasteiger partial charge in [-0.3, -0.25) is 0 Å². The van der Waals surface area contributed by atoms with Crippen molar-refractivity contribution in [1.29, 1.82) is 0 Å². The van der Waals surface area contributed by atoms with Gasteiger partial charge in [-0.1, -0.05) is 23.2 Å². The van der Waals surface area contributed by atoms with Crippen molar-refractivity contribution in [2.45, 2.75) is 18.3 Å². The molecule has 0 amide bonds. The molecule has 0 bridgehead atoms. The normalized spacial score (nSPS) is 21.5. The van der Waals surface area contributed by atoms with Crippen molar-refractivity contribution in [2.24, 2.45) is 0 Å². The molecule has 1 aliphatic rings. The van der Waals surface area contributed by atoms with Crippen molar-refractivity contribution in [3.8, 4) is 0 Å². The Morgan fingerprint density at radius 1 is 1.29 bits per heavy atom. The molecule has 4 heteroatoms. The Labute approximate surface area is 97.4 Å². The highest BCUT2D eigenvalue weighted by Crippen LogP contribution is 2.38. The van der Waals surface area contributed by atoms with E-state index in [-0.39, 0.29) is 0 Å². The SMILES string of the molecule is OC1CCSCc2c(Cl)ccc(Cl)c21. The van der Waals surface area contributed by atoms with Gasteiger partial charge in [-0.25, -0.2) is 0 Å². The Kier molecular flexibility index (Phi) is 3.27. The van der Waals surface area contributed by atoms with Crippen molar-refractivity contribution in [2.75, 3.05) is 5.75 Å². The predicted molar refractivity (Wildman–Crippen MR) is 62.2 cm³/mol. The molecule has 2 rings (SSSR count). The van der Waals surface area contributed by atoms with Crippen LogP contribution in [0.25, 0.3) is 0 Å². The molecule has 1 unspecified atom stereocenters. The zero-order valence-corrected chi connectivity index (χ0v) is 9.79. The lowest BCUT2D eigenvalue weighted by Gasteiger charge is -2.14. The number of aliphatic hydroxyl groups is 1. The van der Waals surface area contributed by atoms with Crippen LogP contribution in [0.5, 0.6) is 0 Å². The molecule has 1 atom stereocenters. The topological polar surface area (TPSA) is 20.2 Å². The molecule has 0 radical (unpaired) electrons. The lowest BCUT2D eigenvalue weighted by Crippen LogP contribution is -2.01. The smallest absolute Gasteiger partial charge is 0.0815 e. The van der Waals surface area contributed by atoms with Crippen molar-refractivity contribution in [3.63, 3.8) is 0 Å². The minimum atomic E-state index is -0.466. The highest BCUT2D eigenvalue weighted by Gasteiger charge is 2.21. The molecule has 1 nitrogen and oxygen atoms in total. The monoisotopic (exact) mass is 248 g/mol. The maximum Gasteiger partial charge on any atom is 0.0815 e. The highest BCUT2D eigenvalue weighted by atomic mass is 35.5. The molecule has 0 saturated carbocycles. The van der Waals surface area contributed by atoms with Gasteiger partial charge in [-0.05, 0) is 29.9 Å². The number of benzene rings is 1. The summed E-state index contributed by atoms with van der Waals surface area (Å²) >= 11 is 13.9. The molecule has 14 heavy (non-hydrogen) atoms. The van der Waals surface area contributed by atoms with Crippen LogP contribution in [0, 0.1) is 0 Å². The maximum atomic E-state index is 9.89. The molecule has 0 spiro atoms. The molecule has 0 aliphatic carbocycles. The molecular formula is C10H10Cl2OS. The van der Waals surface area contributed by atoms with Gasteiger partial charge in [0, 0.05) is 21.4 Å². The fraction of sp³-hybridized carbons (Fsp3) is 0.400. The summed E-state index contributed by atoms with van der Waals surface area (Å²) in [5.41, 5.74) is 1.82. The second-order valence-corrected chi connectivity index (χ2v) is 5.20. The third-order valence-corrected chi connectivity index (χ3v) is 4.06. The van der Waals surface area contributed by atoms with E-state index in [2.05, 4.69) is 0 Å². The van der Waals surface area contributed by atoms with Crippen LogP contribution < -0.4 is 0 Å². The van der Waals surface area contributed by atoms with Crippen LogP contribution >= 0.6 is 35.0 Å². The van der Waals surface area contributed by atoms with Crippen molar-refractivity contribution < 1.29 is 5.11 Å². The van der Waals surface area contributed by atoms with Gasteiger partial charge in [0.05, 0.1) is 6.10 Å².